The van der Waals surface area contributed by atoms with Crippen LogP contribution in [-0.4, -0.2) is 12.4 Å². The van der Waals surface area contributed by atoms with Crippen molar-refractivity contribution in [2.75, 3.05) is 12.4 Å². The molecule has 0 heterocycles. The molecule has 0 aromatic heterocycles. The zero-order valence-corrected chi connectivity index (χ0v) is 19.1. The van der Waals surface area contributed by atoms with Gasteiger partial charge in [-0.1, -0.05) is 83.6 Å². The molecule has 0 N–H and O–H groups in total. The molecule has 2 aromatic rings. The summed E-state index contributed by atoms with van der Waals surface area (Å²) in [7, 11) is 0. The zero-order valence-electron chi connectivity index (χ0n) is 18.3. The van der Waals surface area contributed by atoms with E-state index in [0.29, 0.717) is 0 Å². The van der Waals surface area contributed by atoms with E-state index >= 15 is 0 Å². The molecule has 1 aliphatic carbocycles. The molecule has 2 aromatic carbocycles. The smallest absolute Gasteiger partial charge is 0.127 e. The van der Waals surface area contributed by atoms with Gasteiger partial charge in [0.1, 0.15) is 5.75 Å². The van der Waals surface area contributed by atoms with Gasteiger partial charge in [-0.2, -0.15) is 0 Å². The van der Waals surface area contributed by atoms with Crippen molar-refractivity contribution in [3.05, 3.63) is 35.9 Å². The first-order valence-corrected chi connectivity index (χ1v) is 12.4. The number of hydrogen-bond donors (Lipinski definition) is 0. The van der Waals surface area contributed by atoms with Crippen LogP contribution in [0.25, 0.3) is 10.8 Å². The van der Waals surface area contributed by atoms with Crippen molar-refractivity contribution in [1.29, 1.82) is 0 Å². The molecule has 2 heteroatoms. The highest BCUT2D eigenvalue weighted by Gasteiger charge is 2.16. The minimum absolute atomic E-state index is 0.736. The van der Waals surface area contributed by atoms with E-state index < -0.39 is 0 Å². The molecule has 0 aliphatic heterocycles. The number of benzene rings is 2. The summed E-state index contributed by atoms with van der Waals surface area (Å²) in [6.07, 6.45) is 9.50. The van der Waals surface area contributed by atoms with Gasteiger partial charge in [0.2, 0.25) is 0 Å². The third-order valence-corrected chi connectivity index (χ3v) is 8.28. The summed E-state index contributed by atoms with van der Waals surface area (Å²) >= 11 is 2.03. The lowest BCUT2D eigenvalue weighted by atomic mass is 9.87. The van der Waals surface area contributed by atoms with Gasteiger partial charge in [0.25, 0.3) is 0 Å². The van der Waals surface area contributed by atoms with Crippen LogP contribution in [-0.2, 0) is 0 Å². The molecule has 2 unspecified atom stereocenters. The number of rotatable bonds is 9. The van der Waals surface area contributed by atoms with Crippen molar-refractivity contribution < 1.29 is 4.74 Å². The van der Waals surface area contributed by atoms with Crippen LogP contribution < -0.4 is 4.74 Å². The Bertz CT molecular complexity index is 747. The van der Waals surface area contributed by atoms with Crippen LogP contribution >= 0.6 is 11.8 Å². The van der Waals surface area contributed by atoms with Gasteiger partial charge in [-0.05, 0) is 48.1 Å². The van der Waals surface area contributed by atoms with Gasteiger partial charge in [-0.15, -0.1) is 11.8 Å². The molecule has 3 rings (SSSR count). The van der Waals surface area contributed by atoms with Crippen molar-refractivity contribution >= 4 is 22.5 Å². The Labute approximate surface area is 176 Å². The summed E-state index contributed by atoms with van der Waals surface area (Å²) < 4.78 is 6.33. The molecule has 2 atom stereocenters. The summed E-state index contributed by atoms with van der Waals surface area (Å²) in [5.41, 5.74) is 1.35. The molecule has 154 valence electrons. The van der Waals surface area contributed by atoms with Crippen molar-refractivity contribution in [1.82, 2.24) is 0 Å². The van der Waals surface area contributed by atoms with E-state index in [0.717, 1.165) is 30.1 Å². The number of hydrogen-bond acceptors (Lipinski definition) is 2. The summed E-state index contributed by atoms with van der Waals surface area (Å²) in [5, 5.41) is 2.63. The van der Waals surface area contributed by atoms with Crippen molar-refractivity contribution in [3.8, 4) is 5.75 Å². The SMILES string of the molecule is CCC(C)C(C)CSc1c(C)cc(OCCC2CCCCC2)c2ccccc12. The average molecular weight is 399 g/mol. The fraction of sp³-hybridized carbons (Fsp3) is 0.615. The lowest BCUT2D eigenvalue weighted by Gasteiger charge is -2.22. The van der Waals surface area contributed by atoms with Crippen LogP contribution in [0.2, 0.25) is 0 Å². The highest BCUT2D eigenvalue weighted by atomic mass is 32.2. The normalized spacial score (nSPS) is 17.6. The van der Waals surface area contributed by atoms with Crippen LogP contribution in [0.15, 0.2) is 35.2 Å². The predicted octanol–water partition coefficient (Wildman–Crippen LogP) is 8.27. The highest BCUT2D eigenvalue weighted by Crippen LogP contribution is 2.38. The van der Waals surface area contributed by atoms with Gasteiger partial charge in [-0.3, -0.25) is 0 Å². The minimum Gasteiger partial charge on any atom is -0.493 e. The Morgan fingerprint density at radius 1 is 1.04 bits per heavy atom. The van der Waals surface area contributed by atoms with Crippen LogP contribution in [0.5, 0.6) is 5.75 Å². The van der Waals surface area contributed by atoms with E-state index in [9.17, 15) is 0 Å². The molecule has 0 spiro atoms. The maximum Gasteiger partial charge on any atom is 0.127 e. The molecule has 0 radical (unpaired) electrons. The largest absolute Gasteiger partial charge is 0.493 e. The maximum absolute atomic E-state index is 6.33. The minimum atomic E-state index is 0.736. The molecule has 0 bridgehead atoms. The van der Waals surface area contributed by atoms with E-state index in [1.54, 1.807) is 0 Å². The molecule has 28 heavy (non-hydrogen) atoms. The lowest BCUT2D eigenvalue weighted by Crippen LogP contribution is -2.11. The van der Waals surface area contributed by atoms with E-state index in [1.165, 1.54) is 71.9 Å². The monoisotopic (exact) mass is 398 g/mol. The summed E-state index contributed by atoms with van der Waals surface area (Å²) in [6.45, 7) is 10.2. The van der Waals surface area contributed by atoms with Crippen molar-refractivity contribution in [2.45, 2.75) is 77.5 Å². The van der Waals surface area contributed by atoms with E-state index in [1.807, 2.05) is 11.8 Å². The highest BCUT2D eigenvalue weighted by molar-refractivity contribution is 7.99. The van der Waals surface area contributed by atoms with E-state index in [2.05, 4.69) is 58.0 Å². The second kappa shape index (κ2) is 10.6. The molecular formula is C26H38OS. The zero-order chi connectivity index (χ0) is 19.9. The first-order chi connectivity index (χ1) is 13.6. The second-order valence-electron chi connectivity index (χ2n) is 8.88. The van der Waals surface area contributed by atoms with Crippen LogP contribution in [0.1, 0.15) is 71.3 Å². The number of thioether (sulfide) groups is 1. The van der Waals surface area contributed by atoms with Crippen LogP contribution in [0, 0.1) is 24.7 Å². The van der Waals surface area contributed by atoms with E-state index in [4.69, 9.17) is 4.74 Å². The number of ether oxygens (including phenoxy) is 1. The van der Waals surface area contributed by atoms with Gasteiger partial charge >= 0.3 is 0 Å². The van der Waals surface area contributed by atoms with Gasteiger partial charge in [0, 0.05) is 16.0 Å². The average Bonchev–Trinajstić information content (AvgIpc) is 2.73. The molecule has 0 amide bonds. The lowest BCUT2D eigenvalue weighted by molar-refractivity contribution is 0.248. The van der Waals surface area contributed by atoms with E-state index in [-0.39, 0.29) is 0 Å². The number of fused-ring (bicyclic) bond motifs is 1. The molecule has 1 fully saturated rings. The predicted molar refractivity (Wildman–Crippen MR) is 125 cm³/mol. The Hall–Kier alpha value is -1.15. The molecular weight excluding hydrogens is 360 g/mol. The molecule has 0 saturated heterocycles. The second-order valence-corrected chi connectivity index (χ2v) is 9.91. The Morgan fingerprint density at radius 3 is 2.46 bits per heavy atom. The summed E-state index contributed by atoms with van der Waals surface area (Å²) in [5.74, 6) is 4.64. The molecule has 1 saturated carbocycles. The Balaban J connectivity index is 1.72. The van der Waals surface area contributed by atoms with Gasteiger partial charge in [0.15, 0.2) is 0 Å². The van der Waals surface area contributed by atoms with Gasteiger partial charge < -0.3 is 4.74 Å². The van der Waals surface area contributed by atoms with Crippen LogP contribution in [0.4, 0.5) is 0 Å². The summed E-state index contributed by atoms with van der Waals surface area (Å²) in [6, 6.07) is 11.1. The molecule has 1 aliphatic rings. The third kappa shape index (κ3) is 5.47. The van der Waals surface area contributed by atoms with Gasteiger partial charge in [0.05, 0.1) is 6.61 Å². The Kier molecular flexibility index (Phi) is 8.14. The Morgan fingerprint density at radius 2 is 1.75 bits per heavy atom. The standard InChI is InChI=1S/C26H38OS/c1-5-19(2)21(4)18-28-26-20(3)17-25(23-13-9-10-14-24(23)26)27-16-15-22-11-7-6-8-12-22/h9-10,13-14,17,19,21-22H,5-8,11-12,15-16,18H2,1-4H3. The van der Waals surface area contributed by atoms with Crippen molar-refractivity contribution in [3.63, 3.8) is 0 Å². The number of aryl methyl sites for hydroxylation is 1. The maximum atomic E-state index is 6.33. The topological polar surface area (TPSA) is 9.23 Å². The quantitative estimate of drug-likeness (QED) is 0.393. The van der Waals surface area contributed by atoms with Crippen molar-refractivity contribution in [2.24, 2.45) is 17.8 Å². The molecule has 1 nitrogen and oxygen atoms in total. The first-order valence-electron chi connectivity index (χ1n) is 11.4. The fourth-order valence-electron chi connectivity index (χ4n) is 4.35. The third-order valence-electron chi connectivity index (χ3n) is 6.76. The fourth-order valence-corrected chi connectivity index (χ4v) is 5.73. The first kappa shape index (κ1) is 21.6. The van der Waals surface area contributed by atoms with Crippen LogP contribution in [0.3, 0.4) is 0 Å². The van der Waals surface area contributed by atoms with Gasteiger partial charge in [-0.25, -0.2) is 0 Å². The summed E-state index contributed by atoms with van der Waals surface area (Å²) in [4.78, 5) is 1.44.